The molecule has 0 spiro atoms. The van der Waals surface area contributed by atoms with E-state index in [4.69, 9.17) is 4.74 Å². The third-order valence-corrected chi connectivity index (χ3v) is 5.38. The second-order valence-electron chi connectivity index (χ2n) is 7.30. The monoisotopic (exact) mass is 429 g/mol. The van der Waals surface area contributed by atoms with E-state index in [1.54, 1.807) is 12.1 Å². The predicted molar refractivity (Wildman–Crippen MR) is 107 cm³/mol. The van der Waals surface area contributed by atoms with Gasteiger partial charge in [0.25, 0.3) is 0 Å². The minimum atomic E-state index is -3.09. The third-order valence-electron chi connectivity index (χ3n) is 5.38. The Morgan fingerprint density at radius 3 is 1.87 bits per heavy atom. The molecule has 0 aromatic heterocycles. The Kier molecular flexibility index (Phi) is 6.35. The lowest BCUT2D eigenvalue weighted by molar-refractivity contribution is -0.290. The van der Waals surface area contributed by atoms with Crippen LogP contribution in [0.2, 0.25) is 0 Å². The predicted octanol–water partition coefficient (Wildman–Crippen LogP) is -0.571. The largest absolute Gasteiger partial charge is 0.394 e. The number of ketones is 2. The molecular weight excluding hydrogens is 406 g/mol. The van der Waals surface area contributed by atoms with Crippen LogP contribution in [0, 0.1) is 0 Å². The van der Waals surface area contributed by atoms with Crippen molar-refractivity contribution in [2.24, 2.45) is 0 Å². The highest BCUT2D eigenvalue weighted by Crippen LogP contribution is 2.42. The van der Waals surface area contributed by atoms with Gasteiger partial charge in [-0.3, -0.25) is 14.4 Å². The summed E-state index contributed by atoms with van der Waals surface area (Å²) in [7, 11) is 0. The van der Waals surface area contributed by atoms with Crippen LogP contribution in [0.1, 0.15) is 27.6 Å². The smallest absolute Gasteiger partial charge is 0.217 e. The van der Waals surface area contributed by atoms with E-state index in [0.717, 1.165) is 6.92 Å². The second kappa shape index (κ2) is 8.66. The fraction of sp³-hybridized carbons (Fsp3) is 0.318. The molecule has 0 radical (unpaired) electrons. The number of amides is 1. The van der Waals surface area contributed by atoms with Gasteiger partial charge in [-0.2, -0.15) is 0 Å². The molecule has 1 heterocycles. The lowest BCUT2D eigenvalue weighted by atomic mass is 9.64. The van der Waals surface area contributed by atoms with Crippen molar-refractivity contribution in [3.8, 4) is 0 Å². The zero-order valence-electron chi connectivity index (χ0n) is 16.6. The summed E-state index contributed by atoms with van der Waals surface area (Å²) in [6.07, 6.45) is -6.06. The quantitative estimate of drug-likeness (QED) is 0.383. The maximum absolute atomic E-state index is 13.6. The molecule has 1 aliphatic rings. The van der Waals surface area contributed by atoms with Crippen LogP contribution in [0.4, 0.5) is 0 Å². The Morgan fingerprint density at radius 2 is 1.42 bits per heavy atom. The van der Waals surface area contributed by atoms with Gasteiger partial charge in [0, 0.05) is 18.1 Å². The van der Waals surface area contributed by atoms with E-state index < -0.39 is 53.7 Å². The molecule has 9 nitrogen and oxygen atoms in total. The zero-order valence-corrected chi connectivity index (χ0v) is 16.6. The van der Waals surface area contributed by atoms with E-state index in [1.165, 1.54) is 48.5 Å². The molecule has 1 amide bonds. The van der Waals surface area contributed by atoms with Crippen molar-refractivity contribution in [1.29, 1.82) is 0 Å². The summed E-state index contributed by atoms with van der Waals surface area (Å²) < 4.78 is 5.20. The molecule has 0 aliphatic carbocycles. The number of aliphatic hydroxyl groups excluding tert-OH is 3. The van der Waals surface area contributed by atoms with Crippen LogP contribution in [0.25, 0.3) is 0 Å². The first-order chi connectivity index (χ1) is 14.7. The van der Waals surface area contributed by atoms with Crippen LogP contribution in [0.5, 0.6) is 0 Å². The van der Waals surface area contributed by atoms with Crippen LogP contribution >= 0.6 is 0 Å². The fourth-order valence-electron chi connectivity index (χ4n) is 3.89. The summed E-state index contributed by atoms with van der Waals surface area (Å²) >= 11 is 0. The molecule has 1 saturated heterocycles. The highest BCUT2D eigenvalue weighted by Gasteiger charge is 2.72. The van der Waals surface area contributed by atoms with Gasteiger partial charge in [0.1, 0.15) is 12.2 Å². The number of ether oxygens (including phenoxy) is 1. The van der Waals surface area contributed by atoms with Gasteiger partial charge in [-0.15, -0.1) is 0 Å². The number of carbonyl (C=O) groups excluding carboxylic acids is 3. The molecule has 1 fully saturated rings. The van der Waals surface area contributed by atoms with Crippen LogP contribution < -0.4 is 5.32 Å². The summed E-state index contributed by atoms with van der Waals surface area (Å²) in [5.41, 5.74) is -6.05. The minimum Gasteiger partial charge on any atom is -0.394 e. The van der Waals surface area contributed by atoms with Gasteiger partial charge >= 0.3 is 0 Å². The standard InChI is InChI=1S/C22H23NO8/c1-13(25)23-21(17(26)14-8-4-2-5-9-14)20(29)31-16(12-24)19(28)22(21,30)18(27)15-10-6-3-7-11-15/h2-11,16,19-20,24,28-30H,12H2,1H3,(H,23,25)/t16-,19+,20?,21+,22+/m1/s1. The van der Waals surface area contributed by atoms with Crippen molar-refractivity contribution in [3.05, 3.63) is 71.8 Å². The van der Waals surface area contributed by atoms with E-state index in [-0.39, 0.29) is 11.1 Å². The SMILES string of the molecule is CC(=O)N[C@@]1(C(=O)c2ccccc2)C(O)O[C@H](CO)[C@H](O)[C@@]1(O)C(=O)c1ccccc1. The average molecular weight is 429 g/mol. The molecule has 1 aliphatic heterocycles. The molecule has 5 atom stereocenters. The summed E-state index contributed by atoms with van der Waals surface area (Å²) in [4.78, 5) is 39.2. The molecule has 0 bridgehead atoms. The van der Waals surface area contributed by atoms with E-state index >= 15 is 0 Å². The van der Waals surface area contributed by atoms with Crippen molar-refractivity contribution >= 4 is 17.5 Å². The average Bonchev–Trinajstić information content (AvgIpc) is 2.79. The number of benzene rings is 2. The minimum absolute atomic E-state index is 0.0622. The van der Waals surface area contributed by atoms with Gasteiger partial charge in [-0.25, -0.2) is 0 Å². The number of carbonyl (C=O) groups is 3. The van der Waals surface area contributed by atoms with Crippen LogP contribution in [0.15, 0.2) is 60.7 Å². The molecule has 3 rings (SSSR count). The van der Waals surface area contributed by atoms with Gasteiger partial charge in [-0.1, -0.05) is 60.7 Å². The molecule has 164 valence electrons. The summed E-state index contributed by atoms with van der Waals surface area (Å²) in [6.45, 7) is 0.142. The molecule has 2 aromatic carbocycles. The van der Waals surface area contributed by atoms with Crippen molar-refractivity contribution in [1.82, 2.24) is 5.32 Å². The van der Waals surface area contributed by atoms with Crippen LogP contribution in [-0.4, -0.2) is 74.1 Å². The Hall–Kier alpha value is -2.95. The van der Waals surface area contributed by atoms with E-state index in [0.29, 0.717) is 0 Å². The second-order valence-corrected chi connectivity index (χ2v) is 7.30. The Morgan fingerprint density at radius 1 is 0.935 bits per heavy atom. The van der Waals surface area contributed by atoms with Gasteiger partial charge in [0.15, 0.2) is 29.0 Å². The topological polar surface area (TPSA) is 153 Å². The van der Waals surface area contributed by atoms with Crippen LogP contribution in [-0.2, 0) is 9.53 Å². The highest BCUT2D eigenvalue weighted by atomic mass is 16.6. The molecule has 2 aromatic rings. The van der Waals surface area contributed by atoms with Crippen molar-refractivity contribution in [2.75, 3.05) is 6.61 Å². The van der Waals surface area contributed by atoms with Crippen LogP contribution in [0.3, 0.4) is 0 Å². The summed E-state index contributed by atoms with van der Waals surface area (Å²) in [5.74, 6) is -3.07. The number of nitrogens with one attached hydrogen (secondary N) is 1. The first kappa shape index (κ1) is 22.7. The molecule has 5 N–H and O–H groups in total. The normalized spacial score (nSPS) is 30.4. The Balaban J connectivity index is 2.31. The van der Waals surface area contributed by atoms with Gasteiger partial charge in [-0.05, 0) is 0 Å². The molecular formula is C22H23NO8. The maximum Gasteiger partial charge on any atom is 0.217 e. The van der Waals surface area contributed by atoms with Gasteiger partial charge < -0.3 is 30.5 Å². The lowest BCUT2D eigenvalue weighted by Gasteiger charge is -2.54. The Labute approximate surface area is 177 Å². The van der Waals surface area contributed by atoms with E-state index in [1.807, 2.05) is 0 Å². The third kappa shape index (κ3) is 3.56. The van der Waals surface area contributed by atoms with Crippen molar-refractivity contribution < 1.29 is 39.5 Å². The van der Waals surface area contributed by atoms with E-state index in [9.17, 15) is 34.8 Å². The summed E-state index contributed by atoms with van der Waals surface area (Å²) in [6, 6.07) is 14.7. The molecule has 1 unspecified atom stereocenters. The fourth-order valence-corrected chi connectivity index (χ4v) is 3.89. The highest BCUT2D eigenvalue weighted by molar-refractivity contribution is 6.14. The number of hydrogen-bond donors (Lipinski definition) is 5. The lowest BCUT2D eigenvalue weighted by Crippen LogP contribution is -2.84. The molecule has 9 heteroatoms. The van der Waals surface area contributed by atoms with Gasteiger partial charge in [0.2, 0.25) is 5.91 Å². The van der Waals surface area contributed by atoms with E-state index in [2.05, 4.69) is 5.32 Å². The number of rotatable bonds is 6. The van der Waals surface area contributed by atoms with Gasteiger partial charge in [0.05, 0.1) is 6.61 Å². The van der Waals surface area contributed by atoms with Crippen molar-refractivity contribution in [3.63, 3.8) is 0 Å². The number of Topliss-reactive ketones (excluding diaryl/α,β-unsaturated/α-hetero) is 2. The number of aliphatic hydroxyl groups is 4. The zero-order chi connectivity index (χ0) is 22.8. The summed E-state index contributed by atoms with van der Waals surface area (Å²) in [5, 5.41) is 45.3. The Bertz CT molecular complexity index is 966. The molecule has 31 heavy (non-hydrogen) atoms. The molecule has 0 saturated carbocycles. The first-order valence-corrected chi connectivity index (χ1v) is 9.53. The first-order valence-electron chi connectivity index (χ1n) is 9.53. The maximum atomic E-state index is 13.6. The number of hydrogen-bond acceptors (Lipinski definition) is 8. The van der Waals surface area contributed by atoms with Crippen molar-refractivity contribution in [2.45, 2.75) is 36.6 Å².